The molecular weight excluding hydrogens is 162 g/mol. The van der Waals surface area contributed by atoms with E-state index in [0.717, 1.165) is 18.8 Å². The summed E-state index contributed by atoms with van der Waals surface area (Å²) in [5, 5.41) is 3.50. The molecule has 1 atom stereocenters. The topological polar surface area (TPSA) is 40.7 Å². The molecule has 0 aromatic carbocycles. The molecule has 0 radical (unpaired) electrons. The Morgan fingerprint density at radius 2 is 2.46 bits per heavy atom. The Labute approximate surface area is 79.0 Å². The monoisotopic (exact) mass is 179 g/mol. The number of aryl methyl sites for hydroxylation is 1. The molecule has 3 heteroatoms. The number of rotatable bonds is 2. The summed E-state index contributed by atoms with van der Waals surface area (Å²) in [6, 6.07) is 0.515. The highest BCUT2D eigenvalue weighted by molar-refractivity contribution is 5.07. The number of hydrogen-bond acceptors (Lipinski definition) is 2. The Morgan fingerprint density at radius 1 is 1.54 bits per heavy atom. The summed E-state index contributed by atoms with van der Waals surface area (Å²) in [4.78, 5) is 7.67. The summed E-state index contributed by atoms with van der Waals surface area (Å²) < 4.78 is 0. The molecule has 1 unspecified atom stereocenters. The fourth-order valence-electron chi connectivity index (χ4n) is 1.85. The lowest BCUT2D eigenvalue weighted by molar-refractivity contribution is 0.406. The van der Waals surface area contributed by atoms with E-state index in [4.69, 9.17) is 0 Å². The first-order valence-electron chi connectivity index (χ1n) is 5.17. The molecule has 72 valence electrons. The number of H-pyrrole nitrogens is 1. The fourth-order valence-corrected chi connectivity index (χ4v) is 1.85. The normalized spacial score (nSPS) is 23.3. The van der Waals surface area contributed by atoms with Crippen molar-refractivity contribution >= 4 is 0 Å². The maximum atomic E-state index is 4.31. The van der Waals surface area contributed by atoms with E-state index in [1.54, 1.807) is 0 Å². The van der Waals surface area contributed by atoms with Crippen molar-refractivity contribution in [1.29, 1.82) is 0 Å². The van der Waals surface area contributed by atoms with Gasteiger partial charge in [0.1, 0.15) is 5.82 Å². The average molecular weight is 179 g/mol. The van der Waals surface area contributed by atoms with Gasteiger partial charge in [0.15, 0.2) is 0 Å². The molecule has 1 aromatic rings. The molecule has 0 saturated carbocycles. The Hall–Kier alpha value is -0.830. The highest BCUT2D eigenvalue weighted by atomic mass is 15.0. The summed E-state index contributed by atoms with van der Waals surface area (Å²) in [5.41, 5.74) is 1.26. The Kier molecular flexibility index (Phi) is 2.64. The zero-order chi connectivity index (χ0) is 9.10. The van der Waals surface area contributed by atoms with Crippen LogP contribution in [-0.4, -0.2) is 16.5 Å². The van der Waals surface area contributed by atoms with Crippen molar-refractivity contribution in [3.05, 3.63) is 17.7 Å². The second kappa shape index (κ2) is 3.92. The van der Waals surface area contributed by atoms with E-state index in [9.17, 15) is 0 Å². The number of imidazole rings is 1. The van der Waals surface area contributed by atoms with Gasteiger partial charge in [0.25, 0.3) is 0 Å². The van der Waals surface area contributed by atoms with Crippen LogP contribution in [0.15, 0.2) is 6.20 Å². The molecule has 1 aliphatic rings. The second-order valence-electron chi connectivity index (χ2n) is 3.64. The average Bonchev–Trinajstić information content (AvgIpc) is 2.67. The fraction of sp³-hybridized carbons (Fsp3) is 0.700. The minimum absolute atomic E-state index is 0.515. The van der Waals surface area contributed by atoms with Gasteiger partial charge in [-0.25, -0.2) is 4.98 Å². The molecule has 0 aliphatic carbocycles. The Morgan fingerprint density at radius 3 is 3.08 bits per heavy atom. The molecule has 2 N–H and O–H groups in total. The van der Waals surface area contributed by atoms with Gasteiger partial charge in [0, 0.05) is 18.7 Å². The number of aromatic nitrogens is 2. The summed E-state index contributed by atoms with van der Waals surface area (Å²) in [7, 11) is 0. The van der Waals surface area contributed by atoms with Crippen LogP contribution in [0.1, 0.15) is 43.7 Å². The minimum atomic E-state index is 0.515. The van der Waals surface area contributed by atoms with Crippen LogP contribution in [0.3, 0.4) is 0 Å². The quantitative estimate of drug-likeness (QED) is 0.726. The number of piperidine rings is 1. The molecule has 1 aliphatic heterocycles. The van der Waals surface area contributed by atoms with E-state index in [1.807, 2.05) is 6.20 Å². The number of aromatic amines is 1. The molecule has 1 fully saturated rings. The zero-order valence-corrected chi connectivity index (χ0v) is 8.14. The van der Waals surface area contributed by atoms with Crippen LogP contribution >= 0.6 is 0 Å². The summed E-state index contributed by atoms with van der Waals surface area (Å²) in [6.45, 7) is 3.27. The van der Waals surface area contributed by atoms with Gasteiger partial charge < -0.3 is 10.3 Å². The van der Waals surface area contributed by atoms with Crippen molar-refractivity contribution < 1.29 is 0 Å². The van der Waals surface area contributed by atoms with Crippen LogP contribution in [0.4, 0.5) is 0 Å². The van der Waals surface area contributed by atoms with Crippen LogP contribution in [-0.2, 0) is 6.42 Å². The molecule has 0 bridgehead atoms. The van der Waals surface area contributed by atoms with Gasteiger partial charge in [-0.2, -0.15) is 0 Å². The van der Waals surface area contributed by atoms with Crippen molar-refractivity contribution in [2.75, 3.05) is 6.54 Å². The van der Waals surface area contributed by atoms with Crippen molar-refractivity contribution in [3.8, 4) is 0 Å². The van der Waals surface area contributed by atoms with Crippen molar-refractivity contribution in [2.45, 2.75) is 38.6 Å². The third-order valence-corrected chi connectivity index (χ3v) is 2.67. The van der Waals surface area contributed by atoms with Crippen LogP contribution in [0.5, 0.6) is 0 Å². The highest BCUT2D eigenvalue weighted by Crippen LogP contribution is 2.20. The van der Waals surface area contributed by atoms with E-state index in [0.29, 0.717) is 6.04 Å². The second-order valence-corrected chi connectivity index (χ2v) is 3.64. The molecule has 0 amide bonds. The van der Waals surface area contributed by atoms with Crippen LogP contribution in [0.25, 0.3) is 0 Å². The minimum Gasteiger partial charge on any atom is -0.345 e. The first kappa shape index (κ1) is 8.75. The lowest BCUT2D eigenvalue weighted by atomic mass is 10.0. The zero-order valence-electron chi connectivity index (χ0n) is 8.14. The van der Waals surface area contributed by atoms with Gasteiger partial charge in [-0.05, 0) is 19.4 Å². The van der Waals surface area contributed by atoms with E-state index < -0.39 is 0 Å². The predicted octanol–water partition coefficient (Wildman–Crippen LogP) is 1.79. The van der Waals surface area contributed by atoms with E-state index in [1.165, 1.54) is 25.0 Å². The molecule has 3 nitrogen and oxygen atoms in total. The third kappa shape index (κ3) is 1.91. The summed E-state index contributed by atoms with van der Waals surface area (Å²) in [6.07, 6.45) is 6.85. The maximum Gasteiger partial charge on any atom is 0.105 e. The molecule has 2 heterocycles. The van der Waals surface area contributed by atoms with Crippen molar-refractivity contribution in [3.63, 3.8) is 0 Å². The SMILES string of the molecule is CCc1ncc(C2CCCCN2)[nH]1. The van der Waals surface area contributed by atoms with Crippen LogP contribution < -0.4 is 5.32 Å². The first-order chi connectivity index (χ1) is 6.40. The maximum absolute atomic E-state index is 4.31. The molecular formula is C10H17N3. The Bertz CT molecular complexity index is 261. The highest BCUT2D eigenvalue weighted by Gasteiger charge is 2.16. The van der Waals surface area contributed by atoms with Crippen LogP contribution in [0, 0.1) is 0 Å². The van der Waals surface area contributed by atoms with Gasteiger partial charge >= 0.3 is 0 Å². The van der Waals surface area contributed by atoms with Crippen molar-refractivity contribution in [2.24, 2.45) is 0 Å². The largest absolute Gasteiger partial charge is 0.345 e. The van der Waals surface area contributed by atoms with E-state index >= 15 is 0 Å². The molecule has 1 saturated heterocycles. The smallest absolute Gasteiger partial charge is 0.105 e. The van der Waals surface area contributed by atoms with Crippen LogP contribution in [0.2, 0.25) is 0 Å². The molecule has 1 aromatic heterocycles. The predicted molar refractivity (Wildman–Crippen MR) is 52.6 cm³/mol. The summed E-state index contributed by atoms with van der Waals surface area (Å²) >= 11 is 0. The lowest BCUT2D eigenvalue weighted by Crippen LogP contribution is -2.26. The third-order valence-electron chi connectivity index (χ3n) is 2.67. The van der Waals surface area contributed by atoms with Gasteiger partial charge in [-0.3, -0.25) is 0 Å². The molecule has 2 rings (SSSR count). The van der Waals surface area contributed by atoms with Gasteiger partial charge in [0.05, 0.1) is 5.69 Å². The van der Waals surface area contributed by atoms with E-state index in [2.05, 4.69) is 22.2 Å². The molecule has 0 spiro atoms. The standard InChI is InChI=1S/C10H17N3/c1-2-10-12-7-9(13-10)8-5-3-4-6-11-8/h7-8,11H,2-6H2,1H3,(H,12,13). The molecule has 13 heavy (non-hydrogen) atoms. The number of hydrogen-bond donors (Lipinski definition) is 2. The lowest BCUT2D eigenvalue weighted by Gasteiger charge is -2.21. The van der Waals surface area contributed by atoms with Gasteiger partial charge in [-0.15, -0.1) is 0 Å². The van der Waals surface area contributed by atoms with Gasteiger partial charge in [-0.1, -0.05) is 13.3 Å². The van der Waals surface area contributed by atoms with Gasteiger partial charge in [0.2, 0.25) is 0 Å². The Balaban J connectivity index is 2.05. The van der Waals surface area contributed by atoms with E-state index in [-0.39, 0.29) is 0 Å². The number of nitrogens with zero attached hydrogens (tertiary/aromatic N) is 1. The van der Waals surface area contributed by atoms with Crippen molar-refractivity contribution in [1.82, 2.24) is 15.3 Å². The number of nitrogens with one attached hydrogen (secondary N) is 2. The first-order valence-corrected chi connectivity index (χ1v) is 5.17. The summed E-state index contributed by atoms with van der Waals surface area (Å²) in [5.74, 6) is 1.10.